The third-order valence-corrected chi connectivity index (χ3v) is 3.57. The number of halogens is 2. The molecule has 2 rings (SSSR count). The van der Waals surface area contributed by atoms with Crippen LogP contribution in [0.2, 0.25) is 0 Å². The van der Waals surface area contributed by atoms with Crippen LogP contribution in [0, 0.1) is 5.82 Å². The number of anilines is 1. The smallest absolute Gasteiger partial charge is 0.339 e. The second-order valence-electron chi connectivity index (χ2n) is 4.03. The number of ether oxygens (including phenoxy) is 1. The number of para-hydroxylation sites is 1. The van der Waals surface area contributed by atoms with Crippen LogP contribution in [0.4, 0.5) is 10.1 Å². The van der Waals surface area contributed by atoms with Crippen LogP contribution in [-0.4, -0.2) is 11.1 Å². The highest BCUT2D eigenvalue weighted by Gasteiger charge is 2.15. The predicted molar refractivity (Wildman–Crippen MR) is 76.2 cm³/mol. The molecule has 0 aliphatic heterocycles. The molecule has 0 fully saturated rings. The van der Waals surface area contributed by atoms with Gasteiger partial charge in [-0.15, -0.1) is 0 Å². The maximum atomic E-state index is 13.4. The molecule has 0 bridgehead atoms. The number of nitrogen functional groups attached to an aromatic ring is 1. The summed E-state index contributed by atoms with van der Waals surface area (Å²) < 4.78 is 19.1. The van der Waals surface area contributed by atoms with Gasteiger partial charge in [0.05, 0.1) is 10.2 Å². The Balaban J connectivity index is 2.27. The van der Waals surface area contributed by atoms with Gasteiger partial charge in [0.1, 0.15) is 18.0 Å². The average molecular weight is 340 g/mol. The van der Waals surface area contributed by atoms with Gasteiger partial charge in [-0.25, -0.2) is 9.18 Å². The summed E-state index contributed by atoms with van der Waals surface area (Å²) in [5, 5.41) is 9.08. The zero-order valence-electron chi connectivity index (χ0n) is 10.3. The first kappa shape index (κ1) is 14.3. The van der Waals surface area contributed by atoms with Crippen LogP contribution in [0.3, 0.4) is 0 Å². The minimum Gasteiger partial charge on any atom is -0.486 e. The van der Waals surface area contributed by atoms with E-state index in [-0.39, 0.29) is 28.1 Å². The van der Waals surface area contributed by atoms with E-state index in [0.29, 0.717) is 5.56 Å². The number of hydrogen-bond acceptors (Lipinski definition) is 3. The van der Waals surface area contributed by atoms with Gasteiger partial charge in [0.25, 0.3) is 0 Å². The summed E-state index contributed by atoms with van der Waals surface area (Å²) in [6.07, 6.45) is 0. The molecule has 0 spiro atoms. The molecule has 0 aliphatic rings. The van der Waals surface area contributed by atoms with E-state index < -0.39 is 11.8 Å². The van der Waals surface area contributed by atoms with E-state index in [4.69, 9.17) is 15.6 Å². The van der Waals surface area contributed by atoms with Crippen LogP contribution in [0.15, 0.2) is 40.9 Å². The highest BCUT2D eigenvalue weighted by atomic mass is 79.9. The normalized spacial score (nSPS) is 10.3. The summed E-state index contributed by atoms with van der Waals surface area (Å²) in [7, 11) is 0. The molecular formula is C14H11BrFNO3. The average Bonchev–Trinajstić information content (AvgIpc) is 2.41. The SMILES string of the molecule is Nc1cccc(C(=O)O)c1OCc1cccc(F)c1Br. The summed E-state index contributed by atoms with van der Waals surface area (Å²) in [6.45, 7) is 0.00678. The van der Waals surface area contributed by atoms with Crippen molar-refractivity contribution in [3.63, 3.8) is 0 Å². The van der Waals surface area contributed by atoms with Crippen molar-refractivity contribution in [3.05, 3.63) is 57.8 Å². The zero-order chi connectivity index (χ0) is 14.7. The van der Waals surface area contributed by atoms with Gasteiger partial charge in [0, 0.05) is 5.56 Å². The number of carboxylic acid groups (broad SMARTS) is 1. The molecule has 4 nitrogen and oxygen atoms in total. The lowest BCUT2D eigenvalue weighted by molar-refractivity contribution is 0.0692. The molecule has 20 heavy (non-hydrogen) atoms. The molecule has 0 aromatic heterocycles. The van der Waals surface area contributed by atoms with Crippen molar-refractivity contribution in [2.24, 2.45) is 0 Å². The molecule has 3 N–H and O–H groups in total. The summed E-state index contributed by atoms with van der Waals surface area (Å²) >= 11 is 3.12. The van der Waals surface area contributed by atoms with Crippen LogP contribution in [0.1, 0.15) is 15.9 Å². The van der Waals surface area contributed by atoms with Gasteiger partial charge >= 0.3 is 5.97 Å². The van der Waals surface area contributed by atoms with Gasteiger partial charge in [0.2, 0.25) is 0 Å². The highest BCUT2D eigenvalue weighted by Crippen LogP contribution is 2.29. The van der Waals surface area contributed by atoms with E-state index in [1.54, 1.807) is 18.2 Å². The predicted octanol–water partition coefficient (Wildman–Crippen LogP) is 3.45. The lowest BCUT2D eigenvalue weighted by Crippen LogP contribution is -2.06. The topological polar surface area (TPSA) is 72.6 Å². The largest absolute Gasteiger partial charge is 0.486 e. The summed E-state index contributed by atoms with van der Waals surface area (Å²) in [5.41, 5.74) is 6.47. The third kappa shape index (κ3) is 2.91. The van der Waals surface area contributed by atoms with Crippen LogP contribution in [-0.2, 0) is 6.61 Å². The maximum Gasteiger partial charge on any atom is 0.339 e. The van der Waals surface area contributed by atoms with E-state index in [0.717, 1.165) is 0 Å². The van der Waals surface area contributed by atoms with Crippen molar-refractivity contribution >= 4 is 27.6 Å². The molecule has 0 atom stereocenters. The molecule has 0 saturated heterocycles. The van der Waals surface area contributed by atoms with E-state index in [1.165, 1.54) is 18.2 Å². The van der Waals surface area contributed by atoms with Gasteiger partial charge < -0.3 is 15.6 Å². The number of carbonyl (C=O) groups is 1. The Labute approximate surface area is 123 Å². The quantitative estimate of drug-likeness (QED) is 0.837. The Morgan fingerprint density at radius 3 is 2.70 bits per heavy atom. The second-order valence-corrected chi connectivity index (χ2v) is 4.82. The van der Waals surface area contributed by atoms with E-state index in [9.17, 15) is 9.18 Å². The van der Waals surface area contributed by atoms with Gasteiger partial charge in [-0.1, -0.05) is 18.2 Å². The molecule has 0 heterocycles. The van der Waals surface area contributed by atoms with Gasteiger partial charge in [0.15, 0.2) is 5.75 Å². The van der Waals surface area contributed by atoms with Crippen LogP contribution >= 0.6 is 15.9 Å². The fourth-order valence-corrected chi connectivity index (χ4v) is 2.07. The fourth-order valence-electron chi connectivity index (χ4n) is 1.69. The summed E-state index contributed by atoms with van der Waals surface area (Å²) in [6, 6.07) is 9.01. The van der Waals surface area contributed by atoms with Crippen molar-refractivity contribution in [1.29, 1.82) is 0 Å². The van der Waals surface area contributed by atoms with E-state index >= 15 is 0 Å². The molecule has 0 radical (unpaired) electrons. The number of nitrogens with two attached hydrogens (primary N) is 1. The summed E-state index contributed by atoms with van der Waals surface area (Å²) in [4.78, 5) is 11.1. The van der Waals surface area contributed by atoms with Gasteiger partial charge in [-0.05, 0) is 34.1 Å². The Morgan fingerprint density at radius 1 is 1.30 bits per heavy atom. The molecule has 2 aromatic rings. The van der Waals surface area contributed by atoms with Crippen molar-refractivity contribution in [3.8, 4) is 5.75 Å². The lowest BCUT2D eigenvalue weighted by atomic mass is 10.1. The standard InChI is InChI=1S/C14H11BrFNO3/c15-12-8(3-1-5-10(12)16)7-20-13-9(14(18)19)4-2-6-11(13)17/h1-6H,7,17H2,(H,18,19). The summed E-state index contributed by atoms with van der Waals surface area (Å²) in [5.74, 6) is -1.47. The van der Waals surface area contributed by atoms with Crippen molar-refractivity contribution in [1.82, 2.24) is 0 Å². The Kier molecular flexibility index (Phi) is 4.24. The number of aromatic carboxylic acids is 1. The van der Waals surface area contributed by atoms with E-state index in [1.807, 2.05) is 0 Å². The van der Waals surface area contributed by atoms with Crippen molar-refractivity contribution < 1.29 is 19.0 Å². The number of benzene rings is 2. The Morgan fingerprint density at radius 2 is 2.00 bits per heavy atom. The Hall–Kier alpha value is -2.08. The molecule has 0 amide bonds. The molecule has 6 heteroatoms. The van der Waals surface area contributed by atoms with Crippen molar-refractivity contribution in [2.45, 2.75) is 6.61 Å². The molecule has 0 unspecified atom stereocenters. The first-order chi connectivity index (χ1) is 9.50. The molecule has 0 saturated carbocycles. The zero-order valence-corrected chi connectivity index (χ0v) is 11.9. The number of hydrogen-bond donors (Lipinski definition) is 2. The minimum absolute atomic E-state index is 0.00678. The molecule has 2 aromatic carbocycles. The second kappa shape index (κ2) is 5.92. The first-order valence-electron chi connectivity index (χ1n) is 5.68. The highest BCUT2D eigenvalue weighted by molar-refractivity contribution is 9.10. The van der Waals surface area contributed by atoms with Crippen LogP contribution in [0.25, 0.3) is 0 Å². The third-order valence-electron chi connectivity index (χ3n) is 2.68. The fraction of sp³-hybridized carbons (Fsp3) is 0.0714. The molecular weight excluding hydrogens is 329 g/mol. The van der Waals surface area contributed by atoms with Crippen molar-refractivity contribution in [2.75, 3.05) is 5.73 Å². The number of rotatable bonds is 4. The molecule has 104 valence electrons. The molecule has 0 aliphatic carbocycles. The maximum absolute atomic E-state index is 13.4. The van der Waals surface area contributed by atoms with Gasteiger partial charge in [-0.2, -0.15) is 0 Å². The Bertz CT molecular complexity index is 661. The minimum atomic E-state index is -1.13. The number of carboxylic acids is 1. The first-order valence-corrected chi connectivity index (χ1v) is 6.47. The van der Waals surface area contributed by atoms with Gasteiger partial charge in [-0.3, -0.25) is 0 Å². The van der Waals surface area contributed by atoms with E-state index in [2.05, 4.69) is 15.9 Å². The monoisotopic (exact) mass is 339 g/mol. The van der Waals surface area contributed by atoms with Crippen LogP contribution in [0.5, 0.6) is 5.75 Å². The lowest BCUT2D eigenvalue weighted by Gasteiger charge is -2.12. The van der Waals surface area contributed by atoms with Crippen LogP contribution < -0.4 is 10.5 Å².